The highest BCUT2D eigenvalue weighted by atomic mass is 32.2. The third kappa shape index (κ3) is 3.26. The molecule has 9 nitrogen and oxygen atoms in total. The first-order valence-corrected chi connectivity index (χ1v) is 9.78. The number of carbonyl (C=O) groups excluding carboxylic acids is 1. The number of hydrogen-bond donors (Lipinski definition) is 3. The fourth-order valence-corrected chi connectivity index (χ4v) is 3.41. The summed E-state index contributed by atoms with van der Waals surface area (Å²) in [7, 11) is -2.17. The number of anilines is 5. The lowest BCUT2D eigenvalue weighted by Crippen LogP contribution is -2.25. The van der Waals surface area contributed by atoms with E-state index in [9.17, 15) is 13.2 Å². The van der Waals surface area contributed by atoms with Crippen molar-refractivity contribution >= 4 is 44.8 Å². The Balaban J connectivity index is 1.71. The Labute approximate surface area is 161 Å². The Hall–Kier alpha value is -3.50. The molecule has 1 aromatic heterocycles. The van der Waals surface area contributed by atoms with Crippen LogP contribution < -0.4 is 20.7 Å². The third-order valence-electron chi connectivity index (χ3n) is 4.26. The van der Waals surface area contributed by atoms with Crippen LogP contribution in [0.3, 0.4) is 0 Å². The van der Waals surface area contributed by atoms with Gasteiger partial charge in [0.2, 0.25) is 16.0 Å². The largest absolute Gasteiger partial charge is 0.338 e. The molecule has 4 rings (SSSR count). The molecule has 2 heterocycles. The van der Waals surface area contributed by atoms with E-state index in [0.717, 1.165) is 0 Å². The van der Waals surface area contributed by atoms with E-state index in [2.05, 4.69) is 20.6 Å². The second kappa shape index (κ2) is 6.59. The second-order valence-corrected chi connectivity index (χ2v) is 7.72. The van der Waals surface area contributed by atoms with Crippen LogP contribution in [0.4, 0.5) is 28.8 Å². The molecule has 0 unspecified atom stereocenters. The van der Waals surface area contributed by atoms with E-state index in [1.54, 1.807) is 37.4 Å². The van der Waals surface area contributed by atoms with Crippen molar-refractivity contribution in [3.63, 3.8) is 0 Å². The average molecular weight is 396 g/mol. The Morgan fingerprint density at radius 3 is 2.71 bits per heavy atom. The monoisotopic (exact) mass is 396 g/mol. The van der Waals surface area contributed by atoms with Crippen LogP contribution in [0.25, 0.3) is 0 Å². The van der Waals surface area contributed by atoms with Crippen molar-refractivity contribution in [2.75, 3.05) is 22.6 Å². The number of hydrogen-bond acceptors (Lipinski definition) is 7. The molecular formula is C18H16N6O3S. The highest BCUT2D eigenvalue weighted by molar-refractivity contribution is 7.89. The van der Waals surface area contributed by atoms with Crippen LogP contribution >= 0.6 is 0 Å². The molecule has 0 fully saturated rings. The van der Waals surface area contributed by atoms with Gasteiger partial charge in [0.05, 0.1) is 22.3 Å². The minimum absolute atomic E-state index is 0.0235. The van der Waals surface area contributed by atoms with Crippen molar-refractivity contribution in [3.05, 3.63) is 60.3 Å². The number of carbonyl (C=O) groups is 1. The molecule has 0 atom stereocenters. The van der Waals surface area contributed by atoms with Gasteiger partial charge in [-0.1, -0.05) is 18.2 Å². The Bertz CT molecular complexity index is 1200. The number of aromatic nitrogens is 2. The zero-order valence-electron chi connectivity index (χ0n) is 14.7. The molecule has 10 heteroatoms. The number of benzene rings is 2. The molecule has 1 aliphatic rings. The van der Waals surface area contributed by atoms with Gasteiger partial charge in [0.15, 0.2) is 5.82 Å². The first kappa shape index (κ1) is 17.9. The van der Waals surface area contributed by atoms with Crippen LogP contribution in [-0.2, 0) is 10.0 Å². The predicted octanol–water partition coefficient (Wildman–Crippen LogP) is 2.20. The molecule has 2 aromatic carbocycles. The van der Waals surface area contributed by atoms with Crippen LogP contribution in [0.5, 0.6) is 0 Å². The summed E-state index contributed by atoms with van der Waals surface area (Å²) in [5.41, 5.74) is 2.15. The fraction of sp³-hybridized carbons (Fsp3) is 0.0556. The average Bonchev–Trinajstić information content (AvgIpc) is 2.77. The number of primary sulfonamides is 1. The number of rotatable bonds is 3. The molecule has 0 bridgehead atoms. The van der Waals surface area contributed by atoms with Crippen molar-refractivity contribution in [3.8, 4) is 0 Å². The SMILES string of the molecule is CN1C(=O)c2ccccc2Nc2nc(Nc3cccc(S(N)(=O)=O)c3)ncc21. The Morgan fingerprint density at radius 1 is 1.14 bits per heavy atom. The summed E-state index contributed by atoms with van der Waals surface area (Å²) >= 11 is 0. The van der Waals surface area contributed by atoms with Crippen LogP contribution in [0.2, 0.25) is 0 Å². The molecular weight excluding hydrogens is 380 g/mol. The van der Waals surface area contributed by atoms with Gasteiger partial charge in [0.25, 0.3) is 5.91 Å². The molecule has 0 aliphatic carbocycles. The molecule has 142 valence electrons. The van der Waals surface area contributed by atoms with Gasteiger partial charge in [-0.2, -0.15) is 4.98 Å². The maximum atomic E-state index is 12.7. The third-order valence-corrected chi connectivity index (χ3v) is 5.18. The van der Waals surface area contributed by atoms with Gasteiger partial charge >= 0.3 is 0 Å². The lowest BCUT2D eigenvalue weighted by Gasteiger charge is -2.16. The summed E-state index contributed by atoms with van der Waals surface area (Å²) in [6.07, 6.45) is 1.52. The van der Waals surface area contributed by atoms with Crippen molar-refractivity contribution in [1.82, 2.24) is 9.97 Å². The van der Waals surface area contributed by atoms with E-state index >= 15 is 0 Å². The minimum Gasteiger partial charge on any atom is -0.338 e. The quantitative estimate of drug-likeness (QED) is 0.618. The molecule has 1 amide bonds. The number of sulfonamides is 1. The summed E-state index contributed by atoms with van der Waals surface area (Å²) in [5.74, 6) is 0.506. The van der Waals surface area contributed by atoms with E-state index in [1.807, 2.05) is 6.07 Å². The highest BCUT2D eigenvalue weighted by Gasteiger charge is 2.25. The van der Waals surface area contributed by atoms with Crippen molar-refractivity contribution in [1.29, 1.82) is 0 Å². The maximum Gasteiger partial charge on any atom is 0.260 e. The summed E-state index contributed by atoms with van der Waals surface area (Å²) in [6, 6.07) is 13.2. The molecule has 4 N–H and O–H groups in total. The number of nitrogens with zero attached hydrogens (tertiary/aromatic N) is 3. The molecule has 0 saturated carbocycles. The molecule has 0 saturated heterocycles. The Kier molecular flexibility index (Phi) is 4.21. The summed E-state index contributed by atoms with van der Waals surface area (Å²) in [4.78, 5) is 22.8. The Morgan fingerprint density at radius 2 is 1.93 bits per heavy atom. The smallest absolute Gasteiger partial charge is 0.260 e. The highest BCUT2D eigenvalue weighted by Crippen LogP contribution is 2.33. The maximum absolute atomic E-state index is 12.7. The number of amides is 1. The van der Waals surface area contributed by atoms with Crippen molar-refractivity contribution in [2.45, 2.75) is 4.90 Å². The van der Waals surface area contributed by atoms with Crippen LogP contribution in [-0.4, -0.2) is 31.3 Å². The summed E-state index contributed by atoms with van der Waals surface area (Å²) in [5, 5.41) is 11.3. The van der Waals surface area contributed by atoms with Gasteiger partial charge in [-0.05, 0) is 30.3 Å². The van der Waals surface area contributed by atoms with Gasteiger partial charge in [-0.15, -0.1) is 0 Å². The second-order valence-electron chi connectivity index (χ2n) is 6.16. The predicted molar refractivity (Wildman–Crippen MR) is 106 cm³/mol. The van der Waals surface area contributed by atoms with Gasteiger partial charge in [0, 0.05) is 12.7 Å². The zero-order chi connectivity index (χ0) is 19.9. The van der Waals surface area contributed by atoms with E-state index in [4.69, 9.17) is 5.14 Å². The number of nitrogens with one attached hydrogen (secondary N) is 2. The molecule has 28 heavy (non-hydrogen) atoms. The molecule has 1 aliphatic heterocycles. The fourth-order valence-electron chi connectivity index (χ4n) is 2.85. The van der Waals surface area contributed by atoms with Gasteiger partial charge in [-0.3, -0.25) is 4.79 Å². The lowest BCUT2D eigenvalue weighted by atomic mass is 10.1. The van der Waals surface area contributed by atoms with E-state index in [-0.39, 0.29) is 16.8 Å². The summed E-state index contributed by atoms with van der Waals surface area (Å²) < 4.78 is 23.0. The van der Waals surface area contributed by atoms with Crippen molar-refractivity contribution in [2.24, 2.45) is 5.14 Å². The van der Waals surface area contributed by atoms with Gasteiger partial charge in [0.1, 0.15) is 5.69 Å². The zero-order valence-corrected chi connectivity index (χ0v) is 15.6. The van der Waals surface area contributed by atoms with E-state index in [0.29, 0.717) is 28.4 Å². The van der Waals surface area contributed by atoms with Crippen molar-refractivity contribution < 1.29 is 13.2 Å². The first-order chi connectivity index (χ1) is 13.3. The number of fused-ring (bicyclic) bond motifs is 2. The van der Waals surface area contributed by atoms with Crippen LogP contribution in [0, 0.1) is 0 Å². The topological polar surface area (TPSA) is 130 Å². The minimum atomic E-state index is -3.82. The molecule has 0 radical (unpaired) electrons. The summed E-state index contributed by atoms with van der Waals surface area (Å²) in [6.45, 7) is 0. The van der Waals surface area contributed by atoms with Crippen LogP contribution in [0.15, 0.2) is 59.6 Å². The van der Waals surface area contributed by atoms with Crippen LogP contribution in [0.1, 0.15) is 10.4 Å². The number of para-hydroxylation sites is 1. The standard InChI is InChI=1S/C18H16N6O3S/c1-24-15-10-20-18(21-11-5-4-6-12(9-11)28(19,26)27)23-16(15)22-14-8-3-2-7-13(14)17(24)25/h2-10H,1H3,(H2,19,26,27)(H2,20,21,22,23). The van der Waals surface area contributed by atoms with E-state index in [1.165, 1.54) is 23.2 Å². The molecule has 3 aromatic rings. The lowest BCUT2D eigenvalue weighted by molar-refractivity contribution is 0.0994. The van der Waals surface area contributed by atoms with E-state index < -0.39 is 10.0 Å². The number of nitrogens with two attached hydrogens (primary N) is 1. The molecule has 0 spiro atoms. The first-order valence-electron chi connectivity index (χ1n) is 8.24. The van der Waals surface area contributed by atoms with Gasteiger partial charge in [-0.25, -0.2) is 18.5 Å². The normalized spacial score (nSPS) is 13.2. The van der Waals surface area contributed by atoms with Gasteiger partial charge < -0.3 is 15.5 Å².